The van der Waals surface area contributed by atoms with E-state index >= 15 is 0 Å². The molecule has 0 saturated heterocycles. The van der Waals surface area contributed by atoms with E-state index in [2.05, 4.69) is 10.6 Å². The number of hydrogen-bond acceptors (Lipinski definition) is 2. The summed E-state index contributed by atoms with van der Waals surface area (Å²) in [4.78, 5) is 0. The smallest absolute Gasteiger partial charge is 0.302 e. The highest BCUT2D eigenvalue weighted by atomic mass is 19.4. The van der Waals surface area contributed by atoms with Crippen LogP contribution in [0.2, 0.25) is 0 Å². The lowest BCUT2D eigenvalue weighted by molar-refractivity contribution is -0.289. The van der Waals surface area contributed by atoms with Gasteiger partial charge in [-0.05, 0) is 37.6 Å². The molecule has 0 aliphatic rings. The van der Waals surface area contributed by atoms with Gasteiger partial charge in [-0.25, -0.2) is 0 Å². The average molecular weight is 310 g/mol. The van der Waals surface area contributed by atoms with Gasteiger partial charge in [0.2, 0.25) is 0 Å². The van der Waals surface area contributed by atoms with Crippen molar-refractivity contribution in [3.8, 4) is 0 Å². The van der Waals surface area contributed by atoms with E-state index in [0.29, 0.717) is 17.7 Å². The Bertz CT molecular complexity index is 471. The van der Waals surface area contributed by atoms with Gasteiger partial charge in [0.15, 0.2) is 0 Å². The lowest BCUT2D eigenvalue weighted by atomic mass is 10.0. The van der Waals surface area contributed by atoms with E-state index in [1.54, 1.807) is 0 Å². The van der Waals surface area contributed by atoms with Crippen LogP contribution in [0, 0.1) is 6.92 Å². The fourth-order valence-corrected chi connectivity index (χ4v) is 1.89. The highest BCUT2D eigenvalue weighted by Crippen LogP contribution is 2.44. The molecule has 1 aromatic rings. The Morgan fingerprint density at radius 2 is 1.71 bits per heavy atom. The normalized spacial score (nSPS) is 14.3. The zero-order valence-corrected chi connectivity index (χ0v) is 12.1. The van der Waals surface area contributed by atoms with Crippen molar-refractivity contribution in [1.82, 2.24) is 10.6 Å². The van der Waals surface area contributed by atoms with Gasteiger partial charge in [0.05, 0.1) is 6.17 Å². The number of benzene rings is 1. The number of nitrogens with one attached hydrogen (secondary N) is 2. The molecule has 2 N–H and O–H groups in total. The molecule has 2 nitrogen and oxygen atoms in total. The molecule has 120 valence electrons. The van der Waals surface area contributed by atoms with Crippen LogP contribution in [0.5, 0.6) is 0 Å². The molecule has 21 heavy (non-hydrogen) atoms. The topological polar surface area (TPSA) is 24.1 Å². The van der Waals surface area contributed by atoms with Crippen molar-refractivity contribution in [2.75, 3.05) is 6.54 Å². The fraction of sp³-hybridized carbons (Fsp3) is 0.571. The Balaban J connectivity index is 2.86. The molecule has 0 amide bonds. The molecule has 0 spiro atoms. The predicted octanol–water partition coefficient (Wildman–Crippen LogP) is 3.69. The van der Waals surface area contributed by atoms with Gasteiger partial charge < -0.3 is 5.32 Å². The highest BCUT2D eigenvalue weighted by molar-refractivity contribution is 5.34. The standard InChI is InChI=1S/C14H19F5N2/c1-4-20-10(3)21-8-11-5-6-12(7-9(11)2)13(15,16)14(17,18)19/h5-7,10,20-21H,4,8H2,1-3H3. The van der Waals surface area contributed by atoms with Crippen molar-refractivity contribution >= 4 is 0 Å². The van der Waals surface area contributed by atoms with Crippen LogP contribution in [0.15, 0.2) is 18.2 Å². The first-order chi connectivity index (χ1) is 9.59. The number of alkyl halides is 5. The van der Waals surface area contributed by atoms with E-state index in [4.69, 9.17) is 0 Å². The van der Waals surface area contributed by atoms with Crippen molar-refractivity contribution in [3.05, 3.63) is 34.9 Å². The van der Waals surface area contributed by atoms with Crippen LogP contribution >= 0.6 is 0 Å². The minimum atomic E-state index is -5.58. The lowest BCUT2D eigenvalue weighted by Gasteiger charge is -2.21. The number of halogens is 5. The third kappa shape index (κ3) is 4.38. The first-order valence-corrected chi connectivity index (χ1v) is 6.61. The van der Waals surface area contributed by atoms with Gasteiger partial charge >= 0.3 is 12.1 Å². The van der Waals surface area contributed by atoms with E-state index in [1.165, 1.54) is 13.0 Å². The summed E-state index contributed by atoms with van der Waals surface area (Å²) in [6, 6.07) is 3.02. The average Bonchev–Trinajstić information content (AvgIpc) is 2.36. The maximum absolute atomic E-state index is 13.2. The monoisotopic (exact) mass is 310 g/mol. The second-order valence-electron chi connectivity index (χ2n) is 4.87. The third-order valence-electron chi connectivity index (χ3n) is 3.17. The summed E-state index contributed by atoms with van der Waals surface area (Å²) in [6.45, 7) is 6.51. The number of rotatable bonds is 6. The molecule has 0 bridgehead atoms. The highest BCUT2D eigenvalue weighted by Gasteiger charge is 2.58. The number of hydrogen-bond donors (Lipinski definition) is 2. The Labute approximate surface area is 120 Å². The summed E-state index contributed by atoms with van der Waals surface area (Å²) < 4.78 is 63.4. The van der Waals surface area contributed by atoms with E-state index in [9.17, 15) is 22.0 Å². The second-order valence-corrected chi connectivity index (χ2v) is 4.87. The SMILES string of the molecule is CCNC(C)NCc1ccc(C(F)(F)C(F)(F)F)cc1C. The van der Waals surface area contributed by atoms with E-state index < -0.39 is 17.7 Å². The van der Waals surface area contributed by atoms with Crippen LogP contribution in [0.25, 0.3) is 0 Å². The molecule has 0 saturated carbocycles. The van der Waals surface area contributed by atoms with Crippen molar-refractivity contribution < 1.29 is 22.0 Å². The summed E-state index contributed by atoms with van der Waals surface area (Å²) in [5.41, 5.74) is 0.0464. The van der Waals surface area contributed by atoms with Crippen LogP contribution in [-0.2, 0) is 12.5 Å². The zero-order chi connectivity index (χ0) is 16.3. The molecule has 0 heterocycles. The largest absolute Gasteiger partial charge is 0.458 e. The van der Waals surface area contributed by atoms with Gasteiger partial charge in [-0.15, -0.1) is 0 Å². The first kappa shape index (κ1) is 17.8. The summed E-state index contributed by atoms with van der Waals surface area (Å²) in [6.07, 6.45) is -5.57. The Hall–Kier alpha value is -1.21. The van der Waals surface area contributed by atoms with Crippen molar-refractivity contribution in [2.24, 2.45) is 0 Å². The molecule has 0 aliphatic carbocycles. The molecular formula is C14H19F5N2. The Morgan fingerprint density at radius 1 is 1.10 bits per heavy atom. The number of aryl methyl sites for hydroxylation is 1. The summed E-state index contributed by atoms with van der Waals surface area (Å²) in [5, 5.41) is 6.22. The van der Waals surface area contributed by atoms with E-state index in [0.717, 1.165) is 18.7 Å². The van der Waals surface area contributed by atoms with Gasteiger partial charge in [0.1, 0.15) is 0 Å². The van der Waals surface area contributed by atoms with E-state index in [-0.39, 0.29) is 6.17 Å². The summed E-state index contributed by atoms with van der Waals surface area (Å²) in [7, 11) is 0. The molecule has 0 fully saturated rings. The van der Waals surface area contributed by atoms with Gasteiger partial charge in [0, 0.05) is 12.1 Å². The van der Waals surface area contributed by atoms with Gasteiger partial charge in [0.25, 0.3) is 0 Å². The molecule has 0 aliphatic heterocycles. The predicted molar refractivity (Wildman–Crippen MR) is 71.1 cm³/mol. The molecule has 7 heteroatoms. The van der Waals surface area contributed by atoms with Crippen molar-refractivity contribution in [2.45, 2.75) is 45.6 Å². The minimum Gasteiger partial charge on any atom is -0.302 e. The third-order valence-corrected chi connectivity index (χ3v) is 3.17. The van der Waals surface area contributed by atoms with Gasteiger partial charge in [-0.2, -0.15) is 22.0 Å². The van der Waals surface area contributed by atoms with Gasteiger partial charge in [-0.3, -0.25) is 5.32 Å². The molecular weight excluding hydrogens is 291 g/mol. The quantitative estimate of drug-likeness (QED) is 0.618. The van der Waals surface area contributed by atoms with Crippen LogP contribution in [0.1, 0.15) is 30.5 Å². The van der Waals surface area contributed by atoms with Crippen LogP contribution in [0.3, 0.4) is 0 Å². The minimum absolute atomic E-state index is 0.0192. The van der Waals surface area contributed by atoms with Crippen LogP contribution in [0.4, 0.5) is 22.0 Å². The molecule has 0 radical (unpaired) electrons. The molecule has 1 aromatic carbocycles. The maximum Gasteiger partial charge on any atom is 0.458 e. The van der Waals surface area contributed by atoms with Crippen molar-refractivity contribution in [3.63, 3.8) is 0 Å². The summed E-state index contributed by atoms with van der Waals surface area (Å²) in [5.74, 6) is -4.83. The zero-order valence-electron chi connectivity index (χ0n) is 12.1. The lowest BCUT2D eigenvalue weighted by Crippen LogP contribution is -2.39. The Morgan fingerprint density at radius 3 is 2.19 bits per heavy atom. The molecule has 1 unspecified atom stereocenters. The van der Waals surface area contributed by atoms with Crippen molar-refractivity contribution in [1.29, 1.82) is 0 Å². The maximum atomic E-state index is 13.2. The first-order valence-electron chi connectivity index (χ1n) is 6.61. The van der Waals surface area contributed by atoms with E-state index in [1.807, 2.05) is 13.8 Å². The Kier molecular flexibility index (Phi) is 5.69. The van der Waals surface area contributed by atoms with Crippen LogP contribution < -0.4 is 10.6 Å². The van der Waals surface area contributed by atoms with Crippen LogP contribution in [-0.4, -0.2) is 18.9 Å². The molecule has 1 rings (SSSR count). The fourth-order valence-electron chi connectivity index (χ4n) is 1.89. The molecule has 0 aromatic heterocycles. The second kappa shape index (κ2) is 6.70. The van der Waals surface area contributed by atoms with Gasteiger partial charge in [-0.1, -0.05) is 19.1 Å². The summed E-state index contributed by atoms with van der Waals surface area (Å²) >= 11 is 0. The molecule has 1 atom stereocenters.